The van der Waals surface area contributed by atoms with Gasteiger partial charge in [-0.1, -0.05) is 36.4 Å². The number of hydrogen-bond acceptors (Lipinski definition) is 4. The van der Waals surface area contributed by atoms with Crippen LogP contribution in [0.15, 0.2) is 73.1 Å². The third-order valence-corrected chi connectivity index (χ3v) is 6.94. The molecule has 2 aromatic carbocycles. The summed E-state index contributed by atoms with van der Waals surface area (Å²) >= 11 is 0. The van der Waals surface area contributed by atoms with Crippen molar-refractivity contribution in [1.29, 1.82) is 0 Å². The van der Waals surface area contributed by atoms with Gasteiger partial charge in [0.2, 0.25) is 0 Å². The van der Waals surface area contributed by atoms with E-state index in [-0.39, 0.29) is 5.78 Å². The van der Waals surface area contributed by atoms with Gasteiger partial charge in [-0.15, -0.1) is 0 Å². The molecule has 0 aliphatic carbocycles. The van der Waals surface area contributed by atoms with Gasteiger partial charge >= 0.3 is 0 Å². The number of anilines is 1. The highest BCUT2D eigenvalue weighted by atomic mass is 16.1. The summed E-state index contributed by atoms with van der Waals surface area (Å²) in [7, 11) is 0. The van der Waals surface area contributed by atoms with E-state index in [2.05, 4.69) is 69.4 Å². The van der Waals surface area contributed by atoms with Gasteiger partial charge in [0.1, 0.15) is 5.65 Å². The van der Waals surface area contributed by atoms with Crippen LogP contribution in [0.1, 0.15) is 42.3 Å². The molecule has 34 heavy (non-hydrogen) atoms. The van der Waals surface area contributed by atoms with Gasteiger partial charge in [0.25, 0.3) is 0 Å². The molecular weight excluding hydrogens is 420 g/mol. The average Bonchev–Trinajstić information content (AvgIpc) is 3.35. The zero-order valence-corrected chi connectivity index (χ0v) is 20.2. The Morgan fingerprint density at radius 1 is 0.971 bits per heavy atom. The molecule has 3 heterocycles. The van der Waals surface area contributed by atoms with Crippen LogP contribution in [0.25, 0.3) is 16.9 Å². The minimum atomic E-state index is 0.0746. The van der Waals surface area contributed by atoms with Gasteiger partial charge in [-0.2, -0.15) is 0 Å². The van der Waals surface area contributed by atoms with Gasteiger partial charge in [0, 0.05) is 62.3 Å². The Labute approximate surface area is 201 Å². The zero-order valence-electron chi connectivity index (χ0n) is 20.2. The van der Waals surface area contributed by atoms with E-state index in [9.17, 15) is 4.79 Å². The topological polar surface area (TPSA) is 40.9 Å². The highest BCUT2D eigenvalue weighted by molar-refractivity contribution is 5.95. The number of hydrogen-bond donors (Lipinski definition) is 0. The summed E-state index contributed by atoms with van der Waals surface area (Å²) in [6.45, 7) is 10.6. The summed E-state index contributed by atoms with van der Waals surface area (Å²) in [6, 6.07) is 21.7. The van der Waals surface area contributed by atoms with E-state index < -0.39 is 0 Å². The van der Waals surface area contributed by atoms with Gasteiger partial charge in [-0.3, -0.25) is 14.1 Å². The number of Topliss-reactive ketones (excluding diaryl/α,β-unsaturated/α-hetero) is 1. The molecule has 1 aliphatic rings. The Hall–Kier alpha value is -3.44. The minimum absolute atomic E-state index is 0.0746. The largest absolute Gasteiger partial charge is 0.369 e. The molecule has 4 aromatic rings. The number of fused-ring (bicyclic) bond motifs is 1. The Kier molecular flexibility index (Phi) is 6.20. The number of benzene rings is 2. The van der Waals surface area contributed by atoms with Crippen LogP contribution in [0.4, 0.5) is 5.69 Å². The van der Waals surface area contributed by atoms with E-state index in [1.807, 2.05) is 36.7 Å². The Morgan fingerprint density at radius 2 is 1.74 bits per heavy atom. The third kappa shape index (κ3) is 4.48. The molecule has 0 bridgehead atoms. The molecule has 174 valence electrons. The van der Waals surface area contributed by atoms with Gasteiger partial charge in [-0.05, 0) is 61.7 Å². The summed E-state index contributed by atoms with van der Waals surface area (Å²) in [4.78, 5) is 21.5. The van der Waals surface area contributed by atoms with Crippen LogP contribution in [0, 0.1) is 0 Å². The molecule has 5 rings (SSSR count). The summed E-state index contributed by atoms with van der Waals surface area (Å²) in [6.07, 6.45) is 4.67. The summed E-state index contributed by atoms with van der Waals surface area (Å²) in [5.74, 6) is 0.0746. The number of piperazine rings is 1. The van der Waals surface area contributed by atoms with Crippen molar-refractivity contribution < 1.29 is 4.79 Å². The van der Waals surface area contributed by atoms with E-state index in [0.717, 1.165) is 55.1 Å². The number of aromatic nitrogens is 2. The first-order valence-corrected chi connectivity index (χ1v) is 12.1. The SMILES string of the molecule is CC(=O)c1cccc(-c2ccc(Cc3ccc(N4CCN(C(C)C)CC4)cc3)c3nccn23)c1. The molecule has 0 atom stereocenters. The lowest BCUT2D eigenvalue weighted by Gasteiger charge is -2.38. The molecule has 1 aliphatic heterocycles. The van der Waals surface area contributed by atoms with Crippen molar-refractivity contribution in [3.8, 4) is 11.3 Å². The summed E-state index contributed by atoms with van der Waals surface area (Å²) in [5.41, 5.74) is 7.51. The first kappa shape index (κ1) is 22.4. The Balaban J connectivity index is 1.35. The lowest BCUT2D eigenvalue weighted by molar-refractivity contribution is 0.101. The van der Waals surface area contributed by atoms with Crippen molar-refractivity contribution >= 4 is 17.1 Å². The molecule has 1 saturated heterocycles. The second-order valence-corrected chi connectivity index (χ2v) is 9.46. The second kappa shape index (κ2) is 9.43. The summed E-state index contributed by atoms with van der Waals surface area (Å²) in [5, 5.41) is 0. The maximum Gasteiger partial charge on any atom is 0.159 e. The van der Waals surface area contributed by atoms with Gasteiger partial charge in [0.05, 0.1) is 5.69 Å². The third-order valence-electron chi connectivity index (χ3n) is 6.94. The molecule has 0 amide bonds. The van der Waals surface area contributed by atoms with Gasteiger partial charge in [-0.25, -0.2) is 4.98 Å². The van der Waals surface area contributed by atoms with Crippen LogP contribution in [-0.4, -0.2) is 52.3 Å². The maximum absolute atomic E-state index is 11.8. The molecule has 2 aromatic heterocycles. The number of imidazole rings is 1. The predicted octanol–water partition coefficient (Wildman–Crippen LogP) is 5.33. The highest BCUT2D eigenvalue weighted by Gasteiger charge is 2.19. The molecular formula is C29H32N4O. The van der Waals surface area contributed by atoms with Crippen LogP contribution >= 0.6 is 0 Å². The number of carbonyl (C=O) groups is 1. The predicted molar refractivity (Wildman–Crippen MR) is 139 cm³/mol. The standard InChI is InChI=1S/C29H32N4O/c1-21(2)31-15-17-32(18-16-31)27-10-7-23(8-11-27)19-26-9-12-28(33-14-13-30-29(26)33)25-6-4-5-24(20-25)22(3)34/h4-14,20-21H,15-19H2,1-3H3. The van der Waals surface area contributed by atoms with Crippen molar-refractivity contribution in [2.24, 2.45) is 0 Å². The molecule has 0 radical (unpaired) electrons. The molecule has 0 saturated carbocycles. The number of rotatable bonds is 6. The molecule has 0 unspecified atom stereocenters. The second-order valence-electron chi connectivity index (χ2n) is 9.46. The normalized spacial score (nSPS) is 14.8. The summed E-state index contributed by atoms with van der Waals surface area (Å²) < 4.78 is 2.12. The first-order chi connectivity index (χ1) is 16.5. The van der Waals surface area contributed by atoms with Crippen molar-refractivity contribution in [3.63, 3.8) is 0 Å². The smallest absolute Gasteiger partial charge is 0.159 e. The van der Waals surface area contributed by atoms with Crippen LogP contribution < -0.4 is 4.90 Å². The van der Waals surface area contributed by atoms with Crippen LogP contribution in [0.5, 0.6) is 0 Å². The fraction of sp³-hybridized carbons (Fsp3) is 0.310. The lowest BCUT2D eigenvalue weighted by atomic mass is 10.0. The van der Waals surface area contributed by atoms with Crippen molar-refractivity contribution in [2.45, 2.75) is 33.2 Å². The molecule has 1 fully saturated rings. The molecule has 0 spiro atoms. The van der Waals surface area contributed by atoms with Crippen molar-refractivity contribution in [2.75, 3.05) is 31.1 Å². The van der Waals surface area contributed by atoms with E-state index in [1.165, 1.54) is 16.8 Å². The Bertz CT molecular complexity index is 1300. The maximum atomic E-state index is 11.8. The number of pyridine rings is 1. The fourth-order valence-corrected chi connectivity index (χ4v) is 4.88. The fourth-order valence-electron chi connectivity index (χ4n) is 4.88. The monoisotopic (exact) mass is 452 g/mol. The average molecular weight is 453 g/mol. The quantitative estimate of drug-likeness (QED) is 0.371. The van der Waals surface area contributed by atoms with Crippen molar-refractivity contribution in [3.05, 3.63) is 89.7 Å². The molecule has 5 heteroatoms. The van der Waals surface area contributed by atoms with Crippen LogP contribution in [-0.2, 0) is 6.42 Å². The van der Waals surface area contributed by atoms with E-state index in [0.29, 0.717) is 6.04 Å². The molecule has 0 N–H and O–H groups in total. The van der Waals surface area contributed by atoms with Crippen molar-refractivity contribution in [1.82, 2.24) is 14.3 Å². The van der Waals surface area contributed by atoms with E-state index in [4.69, 9.17) is 0 Å². The highest BCUT2D eigenvalue weighted by Crippen LogP contribution is 2.26. The Morgan fingerprint density at radius 3 is 2.44 bits per heavy atom. The number of carbonyl (C=O) groups excluding carboxylic acids is 1. The van der Waals surface area contributed by atoms with Gasteiger partial charge in [0.15, 0.2) is 5.78 Å². The number of nitrogens with zero attached hydrogens (tertiary/aromatic N) is 4. The van der Waals surface area contributed by atoms with Crippen LogP contribution in [0.3, 0.4) is 0 Å². The zero-order chi connectivity index (χ0) is 23.7. The van der Waals surface area contributed by atoms with Gasteiger partial charge < -0.3 is 4.90 Å². The van der Waals surface area contributed by atoms with E-state index >= 15 is 0 Å². The van der Waals surface area contributed by atoms with Crippen LogP contribution in [0.2, 0.25) is 0 Å². The lowest BCUT2D eigenvalue weighted by Crippen LogP contribution is -2.48. The minimum Gasteiger partial charge on any atom is -0.369 e. The first-order valence-electron chi connectivity index (χ1n) is 12.1. The molecule has 5 nitrogen and oxygen atoms in total. The number of ketones is 1. The van der Waals surface area contributed by atoms with E-state index in [1.54, 1.807) is 6.92 Å².